The molecule has 0 aliphatic rings. The SMILES string of the molecule is CC/C=C\C=P(c1ccccc1)(c1ccccc1)c1ccccc1. The second-order valence-corrected chi connectivity index (χ2v) is 9.01. The third kappa shape index (κ3) is 3.30. The predicted molar refractivity (Wildman–Crippen MR) is 111 cm³/mol. The van der Waals surface area contributed by atoms with Gasteiger partial charge in [-0.2, -0.15) is 0 Å². The summed E-state index contributed by atoms with van der Waals surface area (Å²) in [6.45, 7) is 0.384. The van der Waals surface area contributed by atoms with Crippen molar-refractivity contribution in [1.29, 1.82) is 0 Å². The van der Waals surface area contributed by atoms with Gasteiger partial charge < -0.3 is 0 Å². The summed E-state index contributed by atoms with van der Waals surface area (Å²) in [4.78, 5) is 0. The average molecular weight is 330 g/mol. The van der Waals surface area contributed by atoms with E-state index in [2.05, 4.69) is 116 Å². The second-order valence-electron chi connectivity index (χ2n) is 5.71. The van der Waals surface area contributed by atoms with E-state index in [-0.39, 0.29) is 0 Å². The van der Waals surface area contributed by atoms with Gasteiger partial charge in [-0.1, -0.05) is 116 Å². The van der Waals surface area contributed by atoms with Crippen LogP contribution in [-0.4, -0.2) is 5.80 Å². The van der Waals surface area contributed by atoms with Crippen LogP contribution in [0.1, 0.15) is 13.3 Å². The normalized spacial score (nSPS) is 11.5. The highest BCUT2D eigenvalue weighted by Crippen LogP contribution is 2.43. The van der Waals surface area contributed by atoms with Gasteiger partial charge in [0.1, 0.15) is 0 Å². The van der Waals surface area contributed by atoms with Crippen molar-refractivity contribution >= 4 is 28.6 Å². The van der Waals surface area contributed by atoms with Crippen LogP contribution in [0.5, 0.6) is 0 Å². The minimum atomic E-state index is -1.79. The van der Waals surface area contributed by atoms with E-state index in [1.165, 1.54) is 15.9 Å². The van der Waals surface area contributed by atoms with Crippen LogP contribution in [0.4, 0.5) is 0 Å². The van der Waals surface area contributed by atoms with Gasteiger partial charge >= 0.3 is 0 Å². The molecule has 0 amide bonds. The number of hydrogen-bond acceptors (Lipinski definition) is 0. The Labute approximate surface area is 145 Å². The maximum absolute atomic E-state index is 2.44. The van der Waals surface area contributed by atoms with Crippen molar-refractivity contribution in [3.05, 3.63) is 103 Å². The Bertz CT molecular complexity index is 728. The summed E-state index contributed by atoms with van der Waals surface area (Å²) in [5.74, 6) is 2.44. The quantitative estimate of drug-likeness (QED) is 0.592. The zero-order chi connectivity index (χ0) is 16.7. The molecule has 0 unspecified atom stereocenters. The molecule has 3 aromatic carbocycles. The first-order chi connectivity index (χ1) is 11.9. The van der Waals surface area contributed by atoms with E-state index in [1.54, 1.807) is 0 Å². The molecule has 0 saturated heterocycles. The summed E-state index contributed by atoms with van der Waals surface area (Å²) < 4.78 is 0. The minimum Gasteiger partial charge on any atom is -0.0848 e. The molecule has 0 spiro atoms. The van der Waals surface area contributed by atoms with Gasteiger partial charge in [-0.25, -0.2) is 0 Å². The zero-order valence-corrected chi connectivity index (χ0v) is 14.9. The van der Waals surface area contributed by atoms with E-state index in [4.69, 9.17) is 0 Å². The Morgan fingerprint density at radius 1 is 0.625 bits per heavy atom. The van der Waals surface area contributed by atoms with Crippen molar-refractivity contribution in [1.82, 2.24) is 0 Å². The van der Waals surface area contributed by atoms with Gasteiger partial charge in [0.05, 0.1) is 0 Å². The molecule has 0 fully saturated rings. The van der Waals surface area contributed by atoms with Crippen LogP contribution in [0, 0.1) is 0 Å². The molecule has 1 heteroatoms. The third-order valence-electron chi connectivity index (χ3n) is 4.17. The third-order valence-corrected chi connectivity index (χ3v) is 8.13. The summed E-state index contributed by atoms with van der Waals surface area (Å²) in [5, 5.41) is 4.18. The highest BCUT2D eigenvalue weighted by molar-refractivity contribution is 7.94. The summed E-state index contributed by atoms with van der Waals surface area (Å²) >= 11 is 0. The first-order valence-corrected chi connectivity index (χ1v) is 10.3. The molecule has 0 aromatic heterocycles. The van der Waals surface area contributed by atoms with Crippen molar-refractivity contribution in [3.63, 3.8) is 0 Å². The van der Waals surface area contributed by atoms with Gasteiger partial charge in [-0.3, -0.25) is 0 Å². The van der Waals surface area contributed by atoms with E-state index in [9.17, 15) is 0 Å². The average Bonchev–Trinajstić information content (AvgIpc) is 2.68. The lowest BCUT2D eigenvalue weighted by atomic mass is 10.4. The molecule has 0 atom stereocenters. The monoisotopic (exact) mass is 330 g/mol. The standard InChI is InChI=1S/C23H23P/c1-2-3-13-20-24(21-14-7-4-8-15-21,22-16-9-5-10-17-22)23-18-11-6-12-19-23/h3-20H,2H2,1H3/b13-3-. The Kier molecular flexibility index (Phi) is 5.51. The van der Waals surface area contributed by atoms with E-state index in [1.807, 2.05) is 0 Å². The largest absolute Gasteiger partial charge is 0.0848 e. The van der Waals surface area contributed by atoms with Gasteiger partial charge in [0, 0.05) is 0 Å². The van der Waals surface area contributed by atoms with Crippen LogP contribution < -0.4 is 15.9 Å². The molecule has 0 nitrogen and oxygen atoms in total. The first-order valence-electron chi connectivity index (χ1n) is 8.44. The predicted octanol–water partition coefficient (Wildman–Crippen LogP) is 4.75. The smallest absolute Gasteiger partial charge is 0.0160 e. The van der Waals surface area contributed by atoms with Crippen molar-refractivity contribution in [3.8, 4) is 0 Å². The molecule has 3 aromatic rings. The summed E-state index contributed by atoms with van der Waals surface area (Å²) in [6, 6.07) is 32.8. The molecule has 0 N–H and O–H groups in total. The Morgan fingerprint density at radius 2 is 1.00 bits per heavy atom. The summed E-state index contributed by atoms with van der Waals surface area (Å²) in [7, 11) is 0. The molecule has 0 heterocycles. The van der Waals surface area contributed by atoms with Crippen LogP contribution in [0.3, 0.4) is 0 Å². The topological polar surface area (TPSA) is 0 Å². The maximum Gasteiger partial charge on any atom is -0.0160 e. The van der Waals surface area contributed by atoms with Gasteiger partial charge in [0.25, 0.3) is 0 Å². The van der Waals surface area contributed by atoms with Crippen LogP contribution in [0.25, 0.3) is 0 Å². The molecule has 0 bridgehead atoms. The lowest BCUT2D eigenvalue weighted by molar-refractivity contribution is 1.23. The second kappa shape index (κ2) is 7.99. The van der Waals surface area contributed by atoms with Gasteiger partial charge in [-0.15, -0.1) is 0 Å². The Morgan fingerprint density at radius 3 is 1.33 bits per heavy atom. The zero-order valence-electron chi connectivity index (χ0n) is 14.0. The van der Waals surface area contributed by atoms with Crippen LogP contribution >= 0.6 is 6.89 Å². The van der Waals surface area contributed by atoms with Crippen LogP contribution in [0.15, 0.2) is 103 Å². The molecule has 120 valence electrons. The first kappa shape index (κ1) is 16.6. The molecule has 3 rings (SSSR count). The molecule has 0 saturated carbocycles. The van der Waals surface area contributed by atoms with Gasteiger partial charge in [-0.05, 0) is 29.2 Å². The minimum absolute atomic E-state index is 1.05. The number of rotatable bonds is 5. The van der Waals surface area contributed by atoms with E-state index >= 15 is 0 Å². The lowest BCUT2D eigenvalue weighted by Crippen LogP contribution is -2.26. The Hall–Kier alpha value is -2.30. The lowest BCUT2D eigenvalue weighted by Gasteiger charge is -2.28. The van der Waals surface area contributed by atoms with Crippen molar-refractivity contribution in [2.45, 2.75) is 13.3 Å². The molecule has 24 heavy (non-hydrogen) atoms. The van der Waals surface area contributed by atoms with E-state index in [0.29, 0.717) is 0 Å². The highest BCUT2D eigenvalue weighted by Gasteiger charge is 2.23. The van der Waals surface area contributed by atoms with Crippen LogP contribution in [0.2, 0.25) is 0 Å². The molecular weight excluding hydrogens is 307 g/mol. The van der Waals surface area contributed by atoms with Crippen molar-refractivity contribution in [2.24, 2.45) is 0 Å². The summed E-state index contributed by atoms with van der Waals surface area (Å²) in [5.41, 5.74) is 0. The summed E-state index contributed by atoms with van der Waals surface area (Å²) in [6.07, 6.45) is 5.54. The number of allylic oxidation sites excluding steroid dienone is 2. The fraction of sp³-hybridized carbons (Fsp3) is 0.0870. The Balaban J connectivity index is 2.38. The molecular formula is C23H23P. The van der Waals surface area contributed by atoms with Crippen molar-refractivity contribution < 1.29 is 0 Å². The molecule has 0 radical (unpaired) electrons. The number of benzene rings is 3. The van der Waals surface area contributed by atoms with E-state index < -0.39 is 6.89 Å². The van der Waals surface area contributed by atoms with Crippen molar-refractivity contribution in [2.75, 3.05) is 0 Å². The number of hydrogen-bond donors (Lipinski definition) is 0. The van der Waals surface area contributed by atoms with Gasteiger partial charge in [0.15, 0.2) is 0 Å². The van der Waals surface area contributed by atoms with E-state index in [0.717, 1.165) is 6.42 Å². The molecule has 0 aliphatic carbocycles. The van der Waals surface area contributed by atoms with Crippen LogP contribution in [-0.2, 0) is 0 Å². The maximum atomic E-state index is 2.44. The molecule has 0 aliphatic heterocycles. The highest BCUT2D eigenvalue weighted by atomic mass is 31.2. The fourth-order valence-electron chi connectivity index (χ4n) is 3.02. The van der Waals surface area contributed by atoms with Gasteiger partial charge in [0.2, 0.25) is 0 Å². The fourth-order valence-corrected chi connectivity index (χ4v) is 6.74.